The number of rotatable bonds is 3. The molecule has 0 bridgehead atoms. The van der Waals surface area contributed by atoms with Gasteiger partial charge in [0.1, 0.15) is 0 Å². The van der Waals surface area contributed by atoms with Crippen molar-refractivity contribution in [3.63, 3.8) is 0 Å². The van der Waals surface area contributed by atoms with Gasteiger partial charge in [0, 0.05) is 16.9 Å². The van der Waals surface area contributed by atoms with Crippen LogP contribution in [0.1, 0.15) is 30.1 Å². The molecule has 0 unspecified atom stereocenters. The summed E-state index contributed by atoms with van der Waals surface area (Å²) in [4.78, 5) is 11.6. The van der Waals surface area contributed by atoms with Gasteiger partial charge in [-0.05, 0) is 23.9 Å². The van der Waals surface area contributed by atoms with E-state index in [0.29, 0.717) is 17.6 Å². The SMILES string of the molecule is CC[C@@H]1C[C@H]1C(=O)c1cnsc1. The summed E-state index contributed by atoms with van der Waals surface area (Å²) >= 11 is 1.35. The molecule has 1 saturated carbocycles. The number of hydrogen-bond donors (Lipinski definition) is 0. The lowest BCUT2D eigenvalue weighted by molar-refractivity contribution is 0.0961. The summed E-state index contributed by atoms with van der Waals surface area (Å²) in [7, 11) is 0. The second-order valence-corrected chi connectivity index (χ2v) is 3.95. The predicted molar refractivity (Wildman–Crippen MR) is 48.3 cm³/mol. The van der Waals surface area contributed by atoms with Crippen LogP contribution >= 0.6 is 11.5 Å². The molecule has 0 N–H and O–H groups in total. The summed E-state index contributed by atoms with van der Waals surface area (Å²) in [6.07, 6.45) is 3.90. The molecule has 1 heterocycles. The van der Waals surface area contributed by atoms with Crippen LogP contribution in [0, 0.1) is 11.8 Å². The minimum atomic E-state index is 0.301. The van der Waals surface area contributed by atoms with Crippen LogP contribution in [0.15, 0.2) is 11.6 Å². The molecule has 0 amide bonds. The fourth-order valence-electron chi connectivity index (χ4n) is 1.56. The quantitative estimate of drug-likeness (QED) is 0.670. The van der Waals surface area contributed by atoms with Crippen molar-refractivity contribution in [1.82, 2.24) is 4.37 Å². The van der Waals surface area contributed by atoms with Crippen molar-refractivity contribution in [2.24, 2.45) is 11.8 Å². The third kappa shape index (κ3) is 1.29. The van der Waals surface area contributed by atoms with Gasteiger partial charge in [-0.25, -0.2) is 4.37 Å². The summed E-state index contributed by atoms with van der Waals surface area (Å²) in [5, 5.41) is 1.84. The van der Waals surface area contributed by atoms with Gasteiger partial charge in [0.15, 0.2) is 5.78 Å². The van der Waals surface area contributed by atoms with Crippen LogP contribution in [0.4, 0.5) is 0 Å². The van der Waals surface area contributed by atoms with E-state index in [1.165, 1.54) is 11.5 Å². The lowest BCUT2D eigenvalue weighted by atomic mass is 10.1. The number of ketones is 1. The average Bonchev–Trinajstić information content (AvgIpc) is 2.68. The van der Waals surface area contributed by atoms with Crippen LogP contribution in [0.2, 0.25) is 0 Å². The molecule has 2 atom stereocenters. The van der Waals surface area contributed by atoms with Gasteiger partial charge < -0.3 is 0 Å². The highest BCUT2D eigenvalue weighted by molar-refractivity contribution is 7.03. The van der Waals surface area contributed by atoms with Crippen LogP contribution in [0.25, 0.3) is 0 Å². The normalized spacial score (nSPS) is 27.1. The summed E-state index contributed by atoms with van der Waals surface area (Å²) in [5.74, 6) is 1.26. The van der Waals surface area contributed by atoms with Crippen molar-refractivity contribution < 1.29 is 4.79 Å². The second kappa shape index (κ2) is 2.98. The smallest absolute Gasteiger partial charge is 0.168 e. The number of aromatic nitrogens is 1. The summed E-state index contributed by atoms with van der Waals surface area (Å²) < 4.78 is 3.93. The number of carbonyl (C=O) groups excluding carboxylic acids is 1. The van der Waals surface area contributed by atoms with Crippen molar-refractivity contribution in [2.45, 2.75) is 19.8 Å². The molecule has 1 aromatic heterocycles. The molecule has 12 heavy (non-hydrogen) atoms. The molecule has 1 aliphatic rings. The van der Waals surface area contributed by atoms with Crippen molar-refractivity contribution in [3.8, 4) is 0 Å². The molecule has 1 aromatic rings. The number of Topliss-reactive ketones (excluding diaryl/α,β-unsaturated/α-hetero) is 1. The van der Waals surface area contributed by atoms with Gasteiger partial charge in [-0.1, -0.05) is 13.3 Å². The first-order valence-electron chi connectivity index (χ1n) is 4.26. The lowest BCUT2D eigenvalue weighted by Gasteiger charge is -1.92. The topological polar surface area (TPSA) is 30.0 Å². The molecule has 1 fully saturated rings. The molecule has 2 rings (SSSR count). The molecular formula is C9H11NOS. The zero-order chi connectivity index (χ0) is 8.55. The van der Waals surface area contributed by atoms with Crippen LogP contribution in [-0.2, 0) is 0 Å². The lowest BCUT2D eigenvalue weighted by Crippen LogP contribution is -2.01. The van der Waals surface area contributed by atoms with Crippen LogP contribution in [0.5, 0.6) is 0 Å². The van der Waals surface area contributed by atoms with E-state index in [0.717, 1.165) is 18.4 Å². The largest absolute Gasteiger partial charge is 0.294 e. The van der Waals surface area contributed by atoms with Gasteiger partial charge in [0.05, 0.1) is 6.20 Å². The second-order valence-electron chi connectivity index (χ2n) is 3.29. The highest BCUT2D eigenvalue weighted by atomic mass is 32.1. The maximum atomic E-state index is 11.6. The Morgan fingerprint density at radius 3 is 3.17 bits per heavy atom. The first kappa shape index (κ1) is 7.92. The Bertz CT molecular complexity index is 281. The molecule has 2 nitrogen and oxygen atoms in total. The number of carbonyl (C=O) groups is 1. The zero-order valence-corrected chi connectivity index (χ0v) is 7.80. The fourth-order valence-corrected chi connectivity index (χ4v) is 2.09. The molecule has 1 aliphatic carbocycles. The summed E-state index contributed by atoms with van der Waals surface area (Å²) in [6, 6.07) is 0. The van der Waals surface area contributed by atoms with Crippen LogP contribution < -0.4 is 0 Å². The van der Waals surface area contributed by atoms with E-state index >= 15 is 0 Å². The average molecular weight is 181 g/mol. The van der Waals surface area contributed by atoms with E-state index in [1.807, 2.05) is 5.38 Å². The summed E-state index contributed by atoms with van der Waals surface area (Å²) in [6.45, 7) is 2.14. The van der Waals surface area contributed by atoms with Gasteiger partial charge in [0.2, 0.25) is 0 Å². The van der Waals surface area contributed by atoms with Gasteiger partial charge in [-0.2, -0.15) is 0 Å². The zero-order valence-electron chi connectivity index (χ0n) is 6.99. The molecule has 0 aromatic carbocycles. The molecule has 0 spiro atoms. The highest BCUT2D eigenvalue weighted by Gasteiger charge is 2.41. The van der Waals surface area contributed by atoms with E-state index in [9.17, 15) is 4.79 Å². The van der Waals surface area contributed by atoms with Crippen molar-refractivity contribution in [3.05, 3.63) is 17.1 Å². The van der Waals surface area contributed by atoms with Gasteiger partial charge in [-0.15, -0.1) is 0 Å². The molecule has 3 heteroatoms. The van der Waals surface area contributed by atoms with E-state index in [2.05, 4.69) is 11.3 Å². The van der Waals surface area contributed by atoms with Gasteiger partial charge >= 0.3 is 0 Å². The Hall–Kier alpha value is -0.700. The Kier molecular flexibility index (Phi) is 1.97. The standard InChI is InChI=1S/C9H11NOS/c1-2-6-3-8(6)9(11)7-4-10-12-5-7/h4-6,8H,2-3H2,1H3/t6-,8-/m1/s1. The first-order chi connectivity index (χ1) is 5.83. The Balaban J connectivity index is 2.04. The Morgan fingerprint density at radius 2 is 2.67 bits per heavy atom. The highest BCUT2D eigenvalue weighted by Crippen LogP contribution is 2.43. The summed E-state index contributed by atoms with van der Waals surface area (Å²) in [5.41, 5.74) is 0.806. The van der Waals surface area contributed by atoms with Crippen LogP contribution in [0.3, 0.4) is 0 Å². The predicted octanol–water partition coefficient (Wildman–Crippen LogP) is 2.37. The van der Waals surface area contributed by atoms with Crippen molar-refractivity contribution >= 4 is 17.3 Å². The Labute approximate surface area is 75.8 Å². The first-order valence-corrected chi connectivity index (χ1v) is 5.10. The maximum absolute atomic E-state index is 11.6. The molecule has 0 saturated heterocycles. The van der Waals surface area contributed by atoms with E-state index in [1.54, 1.807) is 6.20 Å². The number of nitrogens with zero attached hydrogens (tertiary/aromatic N) is 1. The van der Waals surface area contributed by atoms with E-state index in [4.69, 9.17) is 0 Å². The van der Waals surface area contributed by atoms with Gasteiger partial charge in [0.25, 0.3) is 0 Å². The third-order valence-corrected chi connectivity index (χ3v) is 3.09. The Morgan fingerprint density at radius 1 is 1.83 bits per heavy atom. The minimum Gasteiger partial charge on any atom is -0.294 e. The van der Waals surface area contributed by atoms with E-state index in [-0.39, 0.29) is 0 Å². The van der Waals surface area contributed by atoms with Crippen LogP contribution in [-0.4, -0.2) is 10.2 Å². The molecule has 64 valence electrons. The maximum Gasteiger partial charge on any atom is 0.168 e. The monoisotopic (exact) mass is 181 g/mol. The third-order valence-electron chi connectivity index (χ3n) is 2.50. The molecule has 0 aliphatic heterocycles. The van der Waals surface area contributed by atoms with Gasteiger partial charge in [-0.3, -0.25) is 4.79 Å². The number of hydrogen-bond acceptors (Lipinski definition) is 3. The van der Waals surface area contributed by atoms with Crippen molar-refractivity contribution in [1.29, 1.82) is 0 Å². The van der Waals surface area contributed by atoms with Crippen molar-refractivity contribution in [2.75, 3.05) is 0 Å². The molecule has 0 radical (unpaired) electrons. The molecular weight excluding hydrogens is 170 g/mol. The van der Waals surface area contributed by atoms with E-state index < -0.39 is 0 Å². The minimum absolute atomic E-state index is 0.301. The fraction of sp³-hybridized carbons (Fsp3) is 0.556.